The molecule has 0 saturated heterocycles. The van der Waals surface area contributed by atoms with Gasteiger partial charge in [0.2, 0.25) is 0 Å². The molecule has 3 N–H and O–H groups in total. The number of hydrogen-bond acceptors (Lipinski definition) is 5. The molecule has 2 heterocycles. The Morgan fingerprint density at radius 1 is 1.07 bits per heavy atom. The zero-order valence-electron chi connectivity index (χ0n) is 16.2. The SMILES string of the molecule is CNc1c(-c2nc3ccccc3[nH]2)c(O)c(C)n1-c1cc(OC)cc(OC)c1. The van der Waals surface area contributed by atoms with E-state index in [-0.39, 0.29) is 5.75 Å². The van der Waals surface area contributed by atoms with E-state index >= 15 is 0 Å². The summed E-state index contributed by atoms with van der Waals surface area (Å²) in [7, 11) is 5.03. The number of H-pyrrole nitrogens is 1. The molecule has 0 radical (unpaired) electrons. The normalized spacial score (nSPS) is 11.0. The van der Waals surface area contributed by atoms with Crippen molar-refractivity contribution in [3.8, 4) is 34.3 Å². The maximum absolute atomic E-state index is 10.9. The van der Waals surface area contributed by atoms with Crippen molar-refractivity contribution in [1.82, 2.24) is 14.5 Å². The van der Waals surface area contributed by atoms with E-state index < -0.39 is 0 Å². The number of anilines is 1. The Hall–Kier alpha value is -3.61. The fourth-order valence-electron chi connectivity index (χ4n) is 3.46. The highest BCUT2D eigenvalue weighted by atomic mass is 16.5. The molecule has 4 aromatic rings. The average Bonchev–Trinajstić information content (AvgIpc) is 3.25. The maximum Gasteiger partial charge on any atom is 0.149 e. The van der Waals surface area contributed by atoms with Gasteiger partial charge < -0.3 is 24.9 Å². The number of methoxy groups -OCH3 is 2. The van der Waals surface area contributed by atoms with Crippen molar-refractivity contribution in [2.75, 3.05) is 26.6 Å². The van der Waals surface area contributed by atoms with Crippen LogP contribution in [0.2, 0.25) is 0 Å². The van der Waals surface area contributed by atoms with Crippen LogP contribution in [0.1, 0.15) is 5.69 Å². The summed E-state index contributed by atoms with van der Waals surface area (Å²) in [5, 5.41) is 14.1. The van der Waals surface area contributed by atoms with Crippen LogP contribution in [0.25, 0.3) is 28.1 Å². The molecule has 0 bridgehead atoms. The fraction of sp³-hybridized carbons (Fsp3) is 0.190. The van der Waals surface area contributed by atoms with E-state index in [1.54, 1.807) is 20.3 Å². The fourth-order valence-corrected chi connectivity index (χ4v) is 3.46. The Morgan fingerprint density at radius 2 is 1.75 bits per heavy atom. The Kier molecular flexibility index (Phi) is 4.35. The van der Waals surface area contributed by atoms with Crippen LogP contribution in [0, 0.1) is 6.92 Å². The van der Waals surface area contributed by atoms with Crippen LogP contribution in [0.3, 0.4) is 0 Å². The first-order chi connectivity index (χ1) is 13.6. The van der Waals surface area contributed by atoms with E-state index in [2.05, 4.69) is 15.3 Å². The van der Waals surface area contributed by atoms with E-state index in [0.717, 1.165) is 16.7 Å². The number of benzene rings is 2. The lowest BCUT2D eigenvalue weighted by Gasteiger charge is -2.14. The average molecular weight is 378 g/mol. The highest BCUT2D eigenvalue weighted by Crippen LogP contribution is 2.43. The minimum absolute atomic E-state index is 0.158. The van der Waals surface area contributed by atoms with Crippen LogP contribution in [0.15, 0.2) is 42.5 Å². The van der Waals surface area contributed by atoms with Crippen LogP contribution in [0.5, 0.6) is 17.2 Å². The van der Waals surface area contributed by atoms with E-state index in [9.17, 15) is 5.11 Å². The summed E-state index contributed by atoms with van der Waals surface area (Å²) in [6.07, 6.45) is 0. The molecule has 2 aromatic carbocycles. The summed E-state index contributed by atoms with van der Waals surface area (Å²) >= 11 is 0. The third kappa shape index (κ3) is 2.72. The molecule has 0 saturated carbocycles. The molecule has 2 aromatic heterocycles. The van der Waals surface area contributed by atoms with Crippen molar-refractivity contribution in [2.45, 2.75) is 6.92 Å². The molecule has 0 aliphatic heterocycles. The molecule has 7 nitrogen and oxygen atoms in total. The second kappa shape index (κ2) is 6.84. The van der Waals surface area contributed by atoms with Gasteiger partial charge in [0.25, 0.3) is 0 Å². The number of fused-ring (bicyclic) bond motifs is 1. The zero-order valence-corrected chi connectivity index (χ0v) is 16.2. The number of hydrogen-bond donors (Lipinski definition) is 3. The summed E-state index contributed by atoms with van der Waals surface area (Å²) in [5.41, 5.74) is 3.84. The molecule has 0 aliphatic rings. The monoisotopic (exact) mass is 378 g/mol. The van der Waals surface area contributed by atoms with Crippen molar-refractivity contribution in [3.05, 3.63) is 48.2 Å². The largest absolute Gasteiger partial charge is 0.505 e. The van der Waals surface area contributed by atoms with Crippen LogP contribution in [-0.2, 0) is 0 Å². The van der Waals surface area contributed by atoms with Crippen molar-refractivity contribution >= 4 is 16.9 Å². The second-order valence-corrected chi connectivity index (χ2v) is 6.42. The zero-order chi connectivity index (χ0) is 19.8. The molecule has 0 fully saturated rings. The predicted octanol–water partition coefficient (Wildman–Crippen LogP) is 4.09. The van der Waals surface area contributed by atoms with Gasteiger partial charge in [0, 0.05) is 25.2 Å². The number of aromatic hydroxyl groups is 1. The summed E-state index contributed by atoms with van der Waals surface area (Å²) in [5.74, 6) is 2.79. The summed E-state index contributed by atoms with van der Waals surface area (Å²) in [6.45, 7) is 1.86. The second-order valence-electron chi connectivity index (χ2n) is 6.42. The number of aromatic nitrogens is 3. The molecular weight excluding hydrogens is 356 g/mol. The molecule has 4 rings (SSSR count). The van der Waals surface area contributed by atoms with Crippen LogP contribution >= 0.6 is 0 Å². The number of nitrogens with zero attached hydrogens (tertiary/aromatic N) is 2. The van der Waals surface area contributed by atoms with Crippen LogP contribution in [0.4, 0.5) is 5.82 Å². The van der Waals surface area contributed by atoms with Crippen molar-refractivity contribution in [1.29, 1.82) is 0 Å². The van der Waals surface area contributed by atoms with E-state index in [4.69, 9.17) is 9.47 Å². The topological polar surface area (TPSA) is 84.3 Å². The summed E-state index contributed by atoms with van der Waals surface area (Å²) in [6, 6.07) is 13.4. The van der Waals surface area contributed by atoms with E-state index in [0.29, 0.717) is 34.4 Å². The molecule has 0 aliphatic carbocycles. The van der Waals surface area contributed by atoms with Gasteiger partial charge in [0.05, 0.1) is 36.6 Å². The quantitative estimate of drug-likeness (QED) is 0.487. The number of nitrogens with one attached hydrogen (secondary N) is 2. The highest BCUT2D eigenvalue weighted by molar-refractivity contribution is 5.87. The first kappa shape index (κ1) is 17.8. The Morgan fingerprint density at radius 3 is 2.36 bits per heavy atom. The standard InChI is InChI=1S/C21H22N4O3/c1-12-19(26)18(20-23-16-7-5-6-8-17(16)24-20)21(22-2)25(12)13-9-14(27-3)11-15(10-13)28-4/h5-11,22,26H,1-4H3,(H,23,24). The third-order valence-electron chi connectivity index (χ3n) is 4.83. The summed E-state index contributed by atoms with van der Waals surface area (Å²) in [4.78, 5) is 7.94. The molecule has 0 atom stereocenters. The Balaban J connectivity index is 1.97. The van der Waals surface area contributed by atoms with E-state index in [1.807, 2.05) is 54.9 Å². The number of aromatic amines is 1. The molecular formula is C21H22N4O3. The molecule has 144 valence electrons. The minimum atomic E-state index is 0.158. The number of ether oxygens (including phenoxy) is 2. The van der Waals surface area contributed by atoms with Gasteiger partial charge in [-0.3, -0.25) is 4.57 Å². The van der Waals surface area contributed by atoms with Crippen LogP contribution in [-0.4, -0.2) is 40.9 Å². The van der Waals surface area contributed by atoms with Gasteiger partial charge in [-0.2, -0.15) is 0 Å². The number of para-hydroxylation sites is 2. The van der Waals surface area contributed by atoms with Crippen LogP contribution < -0.4 is 14.8 Å². The van der Waals surface area contributed by atoms with Crippen molar-refractivity contribution in [3.63, 3.8) is 0 Å². The highest BCUT2D eigenvalue weighted by Gasteiger charge is 2.24. The van der Waals surface area contributed by atoms with Gasteiger partial charge in [-0.15, -0.1) is 0 Å². The minimum Gasteiger partial charge on any atom is -0.505 e. The van der Waals surface area contributed by atoms with Crippen molar-refractivity contribution < 1.29 is 14.6 Å². The lowest BCUT2D eigenvalue weighted by molar-refractivity contribution is 0.394. The van der Waals surface area contributed by atoms with Gasteiger partial charge in [-0.05, 0) is 19.1 Å². The van der Waals surface area contributed by atoms with Gasteiger partial charge in [-0.25, -0.2) is 4.98 Å². The van der Waals surface area contributed by atoms with Gasteiger partial charge in [0.15, 0.2) is 0 Å². The van der Waals surface area contributed by atoms with Gasteiger partial charge in [0.1, 0.15) is 34.5 Å². The molecule has 0 unspecified atom stereocenters. The molecule has 7 heteroatoms. The third-order valence-corrected chi connectivity index (χ3v) is 4.83. The lowest BCUT2D eigenvalue weighted by atomic mass is 10.2. The first-order valence-corrected chi connectivity index (χ1v) is 8.88. The van der Waals surface area contributed by atoms with Crippen molar-refractivity contribution in [2.24, 2.45) is 0 Å². The molecule has 0 amide bonds. The smallest absolute Gasteiger partial charge is 0.149 e. The Labute approximate surface area is 162 Å². The van der Waals surface area contributed by atoms with Gasteiger partial charge >= 0.3 is 0 Å². The molecule has 28 heavy (non-hydrogen) atoms. The molecule has 0 spiro atoms. The number of rotatable bonds is 5. The first-order valence-electron chi connectivity index (χ1n) is 8.88. The number of imidazole rings is 1. The predicted molar refractivity (Wildman–Crippen MR) is 110 cm³/mol. The Bertz CT molecular complexity index is 1100. The maximum atomic E-state index is 10.9. The van der Waals surface area contributed by atoms with Gasteiger partial charge in [-0.1, -0.05) is 12.1 Å². The van der Waals surface area contributed by atoms with E-state index in [1.165, 1.54) is 0 Å². The lowest BCUT2D eigenvalue weighted by Crippen LogP contribution is -2.04. The summed E-state index contributed by atoms with van der Waals surface area (Å²) < 4.78 is 12.7.